The summed E-state index contributed by atoms with van der Waals surface area (Å²) >= 11 is 0. The molecule has 0 aliphatic carbocycles. The second kappa shape index (κ2) is 7.56. The molecule has 7 heteroatoms. The van der Waals surface area contributed by atoms with E-state index in [0.717, 1.165) is 39.2 Å². The molecule has 3 aromatic carbocycles. The van der Waals surface area contributed by atoms with E-state index in [9.17, 15) is 4.39 Å². The van der Waals surface area contributed by atoms with Crippen LogP contribution < -0.4 is 4.74 Å². The Bertz CT molecular complexity index is 1590. The topological polar surface area (TPSA) is 57.2 Å². The number of nitrogens with zero attached hydrogens (tertiary/aromatic N) is 5. The monoisotopic (exact) mass is 435 g/mol. The summed E-state index contributed by atoms with van der Waals surface area (Å²) < 4.78 is 22.5. The molecule has 160 valence electrons. The Morgan fingerprint density at radius 2 is 1.58 bits per heavy atom. The molecule has 0 saturated heterocycles. The number of ether oxygens (including phenoxy) is 1. The molecule has 0 unspecified atom stereocenters. The lowest BCUT2D eigenvalue weighted by atomic mass is 10.1. The standard InChI is InChI=1S/C26H18FN5O/c1-33-21-13-7-18(8-14-21)24-29-26-23-22(17-5-3-2-4-6-17)15-31(20-11-9-19(27)10-12-20)25(23)28-16-32(26)30-24/h2-16H,1H3. The lowest BCUT2D eigenvalue weighted by molar-refractivity contribution is 0.415. The van der Waals surface area contributed by atoms with Crippen LogP contribution in [-0.2, 0) is 0 Å². The second-order valence-corrected chi connectivity index (χ2v) is 7.63. The normalized spacial score (nSPS) is 11.3. The quantitative estimate of drug-likeness (QED) is 0.364. The van der Waals surface area contributed by atoms with Gasteiger partial charge in [-0.25, -0.2) is 18.9 Å². The van der Waals surface area contributed by atoms with Gasteiger partial charge in [-0.1, -0.05) is 30.3 Å². The van der Waals surface area contributed by atoms with Crippen LogP contribution in [0.15, 0.2) is 91.4 Å². The molecule has 0 aliphatic rings. The van der Waals surface area contributed by atoms with E-state index in [0.29, 0.717) is 11.5 Å². The second-order valence-electron chi connectivity index (χ2n) is 7.63. The third kappa shape index (κ3) is 3.22. The fourth-order valence-electron chi connectivity index (χ4n) is 4.02. The van der Waals surface area contributed by atoms with Gasteiger partial charge in [0.2, 0.25) is 0 Å². The van der Waals surface area contributed by atoms with Crippen molar-refractivity contribution in [2.75, 3.05) is 7.11 Å². The van der Waals surface area contributed by atoms with E-state index in [1.54, 1.807) is 30.1 Å². The van der Waals surface area contributed by atoms with E-state index < -0.39 is 0 Å². The van der Waals surface area contributed by atoms with Crippen LogP contribution in [0.1, 0.15) is 0 Å². The van der Waals surface area contributed by atoms with Gasteiger partial charge in [0.25, 0.3) is 0 Å². The van der Waals surface area contributed by atoms with Gasteiger partial charge < -0.3 is 9.30 Å². The SMILES string of the molecule is COc1ccc(-c2nc3c4c(-c5ccccc5)cn(-c5ccc(F)cc5)c4ncn3n2)cc1. The molecule has 3 heterocycles. The highest BCUT2D eigenvalue weighted by molar-refractivity contribution is 6.03. The summed E-state index contributed by atoms with van der Waals surface area (Å²) in [7, 11) is 1.64. The van der Waals surface area contributed by atoms with Crippen molar-refractivity contribution in [1.29, 1.82) is 0 Å². The minimum absolute atomic E-state index is 0.282. The van der Waals surface area contributed by atoms with Crippen LogP contribution in [0.2, 0.25) is 0 Å². The van der Waals surface area contributed by atoms with Gasteiger partial charge in [0, 0.05) is 23.0 Å². The van der Waals surface area contributed by atoms with Crippen molar-refractivity contribution >= 4 is 16.7 Å². The summed E-state index contributed by atoms with van der Waals surface area (Å²) in [5, 5.41) is 5.54. The first-order valence-corrected chi connectivity index (χ1v) is 10.4. The van der Waals surface area contributed by atoms with Gasteiger partial charge in [-0.2, -0.15) is 0 Å². The van der Waals surface area contributed by atoms with Gasteiger partial charge in [0.15, 0.2) is 17.1 Å². The van der Waals surface area contributed by atoms with Crippen molar-refractivity contribution in [1.82, 2.24) is 24.1 Å². The van der Waals surface area contributed by atoms with Gasteiger partial charge in [-0.05, 0) is 54.1 Å². The van der Waals surface area contributed by atoms with Crippen LogP contribution in [0.4, 0.5) is 4.39 Å². The van der Waals surface area contributed by atoms with Crippen molar-refractivity contribution in [3.63, 3.8) is 0 Å². The molecule has 3 aromatic heterocycles. The molecule has 0 amide bonds. The molecule has 33 heavy (non-hydrogen) atoms. The van der Waals surface area contributed by atoms with Crippen molar-refractivity contribution in [2.24, 2.45) is 0 Å². The largest absolute Gasteiger partial charge is 0.497 e. The van der Waals surface area contributed by atoms with E-state index in [1.165, 1.54) is 12.1 Å². The summed E-state index contributed by atoms with van der Waals surface area (Å²) in [6, 6.07) is 24.1. The molecule has 0 aliphatic heterocycles. The van der Waals surface area contributed by atoms with Gasteiger partial charge in [0.1, 0.15) is 17.9 Å². The Kier molecular flexibility index (Phi) is 4.40. The van der Waals surface area contributed by atoms with Crippen LogP contribution in [-0.4, -0.2) is 31.3 Å². The Morgan fingerprint density at radius 1 is 0.818 bits per heavy atom. The van der Waals surface area contributed by atoms with Crippen molar-refractivity contribution in [3.8, 4) is 34.0 Å². The van der Waals surface area contributed by atoms with E-state index >= 15 is 0 Å². The summed E-state index contributed by atoms with van der Waals surface area (Å²) in [4.78, 5) is 9.57. The Labute approximate surface area is 188 Å². The predicted octanol–water partition coefficient (Wildman–Crippen LogP) is 5.55. The minimum atomic E-state index is -0.282. The molecule has 6 aromatic rings. The lowest BCUT2D eigenvalue weighted by Gasteiger charge is -2.04. The molecule has 0 saturated carbocycles. The molecular formula is C26H18FN5O. The Hall–Kier alpha value is -4.52. The first-order chi connectivity index (χ1) is 16.2. The van der Waals surface area contributed by atoms with Crippen LogP contribution >= 0.6 is 0 Å². The number of methoxy groups -OCH3 is 1. The van der Waals surface area contributed by atoms with Crippen molar-refractivity contribution < 1.29 is 9.13 Å². The summed E-state index contributed by atoms with van der Waals surface area (Å²) in [6.07, 6.45) is 3.68. The highest BCUT2D eigenvalue weighted by Crippen LogP contribution is 2.34. The average Bonchev–Trinajstić information content (AvgIpc) is 3.47. The molecule has 0 N–H and O–H groups in total. The number of aromatic nitrogens is 5. The number of fused-ring (bicyclic) bond motifs is 3. The molecule has 0 bridgehead atoms. The number of rotatable bonds is 4. The van der Waals surface area contributed by atoms with Gasteiger partial charge in [-0.15, -0.1) is 5.10 Å². The first-order valence-electron chi connectivity index (χ1n) is 10.4. The van der Waals surface area contributed by atoms with E-state index in [2.05, 4.69) is 5.10 Å². The van der Waals surface area contributed by atoms with Gasteiger partial charge in [-0.3, -0.25) is 0 Å². The molecule has 0 fully saturated rings. The van der Waals surface area contributed by atoms with E-state index in [1.807, 2.05) is 65.4 Å². The minimum Gasteiger partial charge on any atom is -0.497 e. The average molecular weight is 435 g/mol. The van der Waals surface area contributed by atoms with Gasteiger partial charge in [0.05, 0.1) is 12.5 Å². The summed E-state index contributed by atoms with van der Waals surface area (Å²) in [6.45, 7) is 0. The van der Waals surface area contributed by atoms with E-state index in [4.69, 9.17) is 14.7 Å². The number of halogens is 1. The van der Waals surface area contributed by atoms with Crippen molar-refractivity contribution in [3.05, 3.63) is 97.2 Å². The van der Waals surface area contributed by atoms with Crippen LogP contribution in [0.25, 0.3) is 44.9 Å². The highest BCUT2D eigenvalue weighted by atomic mass is 19.1. The van der Waals surface area contributed by atoms with Gasteiger partial charge >= 0.3 is 0 Å². The van der Waals surface area contributed by atoms with Crippen molar-refractivity contribution in [2.45, 2.75) is 0 Å². The zero-order valence-corrected chi connectivity index (χ0v) is 17.7. The highest BCUT2D eigenvalue weighted by Gasteiger charge is 2.19. The third-order valence-electron chi connectivity index (χ3n) is 5.66. The zero-order valence-electron chi connectivity index (χ0n) is 17.7. The molecular weight excluding hydrogens is 417 g/mol. The van der Waals surface area contributed by atoms with Crippen LogP contribution in [0.5, 0.6) is 5.75 Å². The van der Waals surface area contributed by atoms with Crippen LogP contribution in [0, 0.1) is 5.82 Å². The fraction of sp³-hybridized carbons (Fsp3) is 0.0385. The molecule has 0 atom stereocenters. The molecule has 6 nitrogen and oxygen atoms in total. The maximum atomic E-state index is 13.6. The number of hydrogen-bond donors (Lipinski definition) is 0. The molecule has 6 rings (SSSR count). The summed E-state index contributed by atoms with van der Waals surface area (Å²) in [5.41, 5.74) is 5.13. The fourth-order valence-corrected chi connectivity index (χ4v) is 4.02. The molecule has 0 spiro atoms. The smallest absolute Gasteiger partial charge is 0.182 e. The zero-order chi connectivity index (χ0) is 22.4. The third-order valence-corrected chi connectivity index (χ3v) is 5.66. The Balaban J connectivity index is 1.62. The molecule has 0 radical (unpaired) electrons. The maximum Gasteiger partial charge on any atom is 0.182 e. The van der Waals surface area contributed by atoms with E-state index in [-0.39, 0.29) is 5.82 Å². The predicted molar refractivity (Wildman–Crippen MR) is 125 cm³/mol. The maximum absolute atomic E-state index is 13.6. The number of benzene rings is 3. The number of hydrogen-bond acceptors (Lipinski definition) is 4. The lowest BCUT2D eigenvalue weighted by Crippen LogP contribution is -1.96. The Morgan fingerprint density at radius 3 is 2.30 bits per heavy atom. The first kappa shape index (κ1) is 19.2. The summed E-state index contributed by atoms with van der Waals surface area (Å²) in [5.74, 6) is 1.09. The van der Waals surface area contributed by atoms with Crippen LogP contribution in [0.3, 0.4) is 0 Å².